The highest BCUT2D eigenvalue weighted by molar-refractivity contribution is 5.96. The fraction of sp³-hybridized carbons (Fsp3) is 0.0667. The molecule has 2 aromatic heterocycles. The van der Waals surface area contributed by atoms with Gasteiger partial charge in [-0.05, 0) is 11.6 Å². The van der Waals surface area contributed by atoms with E-state index < -0.39 is 0 Å². The van der Waals surface area contributed by atoms with Crippen LogP contribution in [0.15, 0.2) is 55.4 Å². The van der Waals surface area contributed by atoms with Crippen LogP contribution in [-0.2, 0) is 6.54 Å². The van der Waals surface area contributed by atoms with Crippen molar-refractivity contribution in [1.82, 2.24) is 24.8 Å². The molecular weight excluding hydrogens is 280 g/mol. The Hall–Kier alpha value is -3.22. The van der Waals surface area contributed by atoms with Crippen molar-refractivity contribution >= 4 is 11.7 Å². The average molecular weight is 294 g/mol. The minimum atomic E-state index is -0.356. The molecular formula is C15H14N6O. The van der Waals surface area contributed by atoms with Crippen molar-refractivity contribution in [3.05, 3.63) is 66.6 Å². The van der Waals surface area contributed by atoms with Crippen molar-refractivity contribution in [2.45, 2.75) is 6.54 Å². The third-order valence-electron chi connectivity index (χ3n) is 3.16. The lowest BCUT2D eigenvalue weighted by molar-refractivity contribution is 0.0946. The van der Waals surface area contributed by atoms with Crippen LogP contribution in [0.4, 0.5) is 5.82 Å². The van der Waals surface area contributed by atoms with E-state index in [0.29, 0.717) is 6.54 Å². The number of imidazole rings is 1. The van der Waals surface area contributed by atoms with E-state index >= 15 is 0 Å². The highest BCUT2D eigenvalue weighted by Gasteiger charge is 2.12. The van der Waals surface area contributed by atoms with Crippen LogP contribution in [0, 0.1) is 0 Å². The fourth-order valence-electron chi connectivity index (χ4n) is 2.10. The second kappa shape index (κ2) is 6.04. The van der Waals surface area contributed by atoms with E-state index in [0.717, 1.165) is 11.3 Å². The van der Waals surface area contributed by atoms with Crippen LogP contribution in [0.2, 0.25) is 0 Å². The molecule has 0 spiro atoms. The van der Waals surface area contributed by atoms with E-state index in [2.05, 4.69) is 20.3 Å². The maximum absolute atomic E-state index is 12.1. The summed E-state index contributed by atoms with van der Waals surface area (Å²) >= 11 is 0. The van der Waals surface area contributed by atoms with E-state index in [1.165, 1.54) is 12.4 Å². The van der Waals surface area contributed by atoms with E-state index in [1.54, 1.807) is 12.5 Å². The van der Waals surface area contributed by atoms with Crippen LogP contribution >= 0.6 is 0 Å². The standard InChI is InChI=1S/C15H14N6O/c16-14-13(18-5-6-19-14)15(22)20-9-11-3-1-2-4-12(11)21-8-7-17-10-21/h1-8,10H,9H2,(H2,16,19)(H,20,22). The first-order chi connectivity index (χ1) is 10.8. The Balaban J connectivity index is 1.78. The van der Waals surface area contributed by atoms with Gasteiger partial charge in [0, 0.05) is 31.3 Å². The summed E-state index contributed by atoms with van der Waals surface area (Å²) in [5.74, 6) is -0.242. The van der Waals surface area contributed by atoms with Crippen molar-refractivity contribution in [3.63, 3.8) is 0 Å². The lowest BCUT2D eigenvalue weighted by Gasteiger charge is -2.11. The molecule has 2 heterocycles. The first-order valence-electron chi connectivity index (χ1n) is 6.66. The van der Waals surface area contributed by atoms with Crippen LogP contribution < -0.4 is 11.1 Å². The first kappa shape index (κ1) is 13.7. The molecule has 0 fully saturated rings. The summed E-state index contributed by atoms with van der Waals surface area (Å²) in [5.41, 5.74) is 7.68. The number of carbonyl (C=O) groups is 1. The largest absolute Gasteiger partial charge is 0.382 e. The van der Waals surface area contributed by atoms with Crippen LogP contribution in [-0.4, -0.2) is 25.4 Å². The van der Waals surface area contributed by atoms with E-state index in [4.69, 9.17) is 5.73 Å². The predicted octanol–water partition coefficient (Wildman–Crippen LogP) is 1.17. The zero-order valence-electron chi connectivity index (χ0n) is 11.7. The summed E-state index contributed by atoms with van der Waals surface area (Å²) in [6.45, 7) is 0.350. The van der Waals surface area contributed by atoms with Gasteiger partial charge in [0.05, 0.1) is 12.0 Å². The third-order valence-corrected chi connectivity index (χ3v) is 3.16. The summed E-state index contributed by atoms with van der Waals surface area (Å²) in [4.78, 5) is 24.0. The Morgan fingerprint density at radius 2 is 2.00 bits per heavy atom. The molecule has 0 saturated carbocycles. The van der Waals surface area contributed by atoms with E-state index in [9.17, 15) is 4.79 Å². The zero-order chi connectivity index (χ0) is 15.4. The number of nitrogen functional groups attached to an aromatic ring is 1. The molecule has 3 aromatic rings. The van der Waals surface area contributed by atoms with Gasteiger partial charge in [0.15, 0.2) is 11.5 Å². The van der Waals surface area contributed by atoms with Crippen molar-refractivity contribution in [2.75, 3.05) is 5.73 Å². The summed E-state index contributed by atoms with van der Waals surface area (Å²) in [6.07, 6.45) is 8.14. The van der Waals surface area contributed by atoms with Crippen LogP contribution in [0.1, 0.15) is 16.1 Å². The minimum Gasteiger partial charge on any atom is -0.382 e. The number of hydrogen-bond acceptors (Lipinski definition) is 5. The van der Waals surface area contributed by atoms with E-state index in [1.807, 2.05) is 35.0 Å². The van der Waals surface area contributed by atoms with Crippen molar-refractivity contribution in [1.29, 1.82) is 0 Å². The number of nitrogens with zero attached hydrogens (tertiary/aromatic N) is 4. The van der Waals surface area contributed by atoms with Crippen molar-refractivity contribution in [2.24, 2.45) is 0 Å². The van der Waals surface area contributed by atoms with Gasteiger partial charge in [-0.1, -0.05) is 18.2 Å². The van der Waals surface area contributed by atoms with Gasteiger partial charge >= 0.3 is 0 Å². The van der Waals surface area contributed by atoms with Crippen LogP contribution in [0.25, 0.3) is 5.69 Å². The molecule has 0 unspecified atom stereocenters. The number of para-hydroxylation sites is 1. The van der Waals surface area contributed by atoms with Gasteiger partial charge in [0.1, 0.15) is 0 Å². The van der Waals surface area contributed by atoms with Crippen molar-refractivity contribution in [3.8, 4) is 5.69 Å². The summed E-state index contributed by atoms with van der Waals surface area (Å²) in [5, 5.41) is 2.80. The molecule has 0 aliphatic rings. The lowest BCUT2D eigenvalue weighted by Crippen LogP contribution is -2.25. The molecule has 0 aliphatic carbocycles. The second-order valence-electron chi connectivity index (χ2n) is 4.57. The Labute approximate surface area is 126 Å². The number of rotatable bonds is 4. The van der Waals surface area contributed by atoms with Gasteiger partial charge in [-0.3, -0.25) is 4.79 Å². The molecule has 0 atom stereocenters. The third kappa shape index (κ3) is 2.78. The van der Waals surface area contributed by atoms with Crippen LogP contribution in [0.3, 0.4) is 0 Å². The fourth-order valence-corrected chi connectivity index (χ4v) is 2.10. The lowest BCUT2D eigenvalue weighted by atomic mass is 10.1. The first-order valence-corrected chi connectivity index (χ1v) is 6.66. The Morgan fingerprint density at radius 3 is 2.77 bits per heavy atom. The smallest absolute Gasteiger partial charge is 0.273 e. The summed E-state index contributed by atoms with van der Waals surface area (Å²) in [7, 11) is 0. The number of carbonyl (C=O) groups excluding carboxylic acids is 1. The predicted molar refractivity (Wildman–Crippen MR) is 81.2 cm³/mol. The molecule has 3 rings (SSSR count). The highest BCUT2D eigenvalue weighted by Crippen LogP contribution is 2.14. The molecule has 1 amide bonds. The SMILES string of the molecule is Nc1nccnc1C(=O)NCc1ccccc1-n1ccnc1. The Morgan fingerprint density at radius 1 is 1.18 bits per heavy atom. The topological polar surface area (TPSA) is 98.7 Å². The number of aromatic nitrogens is 4. The highest BCUT2D eigenvalue weighted by atomic mass is 16.1. The van der Waals surface area contributed by atoms with Gasteiger partial charge in [0.25, 0.3) is 5.91 Å². The van der Waals surface area contributed by atoms with Gasteiger partial charge in [-0.2, -0.15) is 0 Å². The normalized spacial score (nSPS) is 10.4. The Bertz CT molecular complexity index is 784. The average Bonchev–Trinajstić information content (AvgIpc) is 3.07. The number of nitrogens with one attached hydrogen (secondary N) is 1. The number of anilines is 1. The van der Waals surface area contributed by atoms with Gasteiger partial charge < -0.3 is 15.6 Å². The molecule has 1 aromatic carbocycles. The molecule has 7 heteroatoms. The van der Waals surface area contributed by atoms with Gasteiger partial charge in [-0.15, -0.1) is 0 Å². The second-order valence-corrected chi connectivity index (χ2v) is 4.57. The number of nitrogens with two attached hydrogens (primary N) is 1. The monoisotopic (exact) mass is 294 g/mol. The molecule has 0 bridgehead atoms. The van der Waals surface area contributed by atoms with Crippen LogP contribution in [0.5, 0.6) is 0 Å². The van der Waals surface area contributed by atoms with E-state index in [-0.39, 0.29) is 17.4 Å². The molecule has 7 nitrogen and oxygen atoms in total. The zero-order valence-corrected chi connectivity index (χ0v) is 11.7. The quantitative estimate of drug-likeness (QED) is 0.752. The molecule has 22 heavy (non-hydrogen) atoms. The van der Waals surface area contributed by atoms with Gasteiger partial charge in [0.2, 0.25) is 0 Å². The number of benzene rings is 1. The molecule has 0 saturated heterocycles. The Kier molecular flexibility index (Phi) is 3.78. The number of hydrogen-bond donors (Lipinski definition) is 2. The summed E-state index contributed by atoms with van der Waals surface area (Å²) in [6, 6.07) is 7.75. The molecule has 110 valence electrons. The summed E-state index contributed by atoms with van der Waals surface area (Å²) < 4.78 is 1.89. The molecule has 3 N–H and O–H groups in total. The van der Waals surface area contributed by atoms with Gasteiger partial charge in [-0.25, -0.2) is 15.0 Å². The molecule has 0 aliphatic heterocycles. The molecule has 0 radical (unpaired) electrons. The van der Waals surface area contributed by atoms with Crippen molar-refractivity contribution < 1.29 is 4.79 Å². The number of amides is 1. The maximum atomic E-state index is 12.1. The minimum absolute atomic E-state index is 0.114. The maximum Gasteiger partial charge on any atom is 0.273 e.